The van der Waals surface area contributed by atoms with Crippen molar-refractivity contribution in [3.63, 3.8) is 0 Å². The smallest absolute Gasteiger partial charge is 0.248 e. The van der Waals surface area contributed by atoms with E-state index < -0.39 is 0 Å². The predicted molar refractivity (Wildman–Crippen MR) is 290 cm³/mol. The van der Waals surface area contributed by atoms with Gasteiger partial charge in [-0.25, -0.2) is 16.3 Å². The molecule has 9 N–H and O–H groups in total. The first-order valence-corrected chi connectivity index (χ1v) is 25.2. The zero-order chi connectivity index (χ0) is 56.2. The third kappa shape index (κ3) is 22.5. The molecule has 0 radical (unpaired) electrons. The van der Waals surface area contributed by atoms with E-state index in [1.54, 1.807) is 19.9 Å². The fraction of sp³-hybridized carbons (Fsp3) is 0.422. The molecule has 0 atom stereocenters. The highest BCUT2D eigenvalue weighted by Gasteiger charge is 2.18. The first kappa shape index (κ1) is 61.8. The summed E-state index contributed by atoms with van der Waals surface area (Å²) < 4.78 is 20.8. The van der Waals surface area contributed by atoms with Crippen molar-refractivity contribution in [3.05, 3.63) is 86.1 Å². The molecule has 8 heterocycles. The van der Waals surface area contributed by atoms with Gasteiger partial charge in [0.25, 0.3) is 0 Å². The van der Waals surface area contributed by atoms with Gasteiger partial charge in [0.1, 0.15) is 40.5 Å². The number of aryl methyl sites for hydroxylation is 3. The van der Waals surface area contributed by atoms with Crippen molar-refractivity contribution in [1.82, 2.24) is 65.1 Å². The van der Waals surface area contributed by atoms with Crippen molar-refractivity contribution in [3.8, 4) is 23.0 Å². The molecule has 420 valence electrons. The molecule has 4 aromatic heterocycles. The minimum atomic E-state index is -0.199. The van der Waals surface area contributed by atoms with Crippen LogP contribution in [0.3, 0.4) is 0 Å². The number of aromatic hydroxyl groups is 4. The number of anilines is 5. The Morgan fingerprint density at radius 2 is 0.910 bits per heavy atom. The third-order valence-electron chi connectivity index (χ3n) is 10.1. The van der Waals surface area contributed by atoms with Crippen LogP contribution in [0.4, 0.5) is 29.7 Å². The van der Waals surface area contributed by atoms with E-state index in [1.165, 1.54) is 30.5 Å². The molecule has 10 rings (SSSR count). The van der Waals surface area contributed by atoms with Gasteiger partial charge >= 0.3 is 0 Å². The minimum Gasteiger partial charge on any atom is -0.508 e. The average molecular weight is 1160 g/mol. The molecule has 4 aliphatic rings. The molecule has 78 heavy (non-hydrogen) atoms. The lowest BCUT2D eigenvalue weighted by atomic mass is 10.2. The van der Waals surface area contributed by atoms with E-state index in [-0.39, 0.29) is 49.7 Å². The summed E-state index contributed by atoms with van der Waals surface area (Å²) in [7, 11) is 0. The second kappa shape index (κ2) is 33.3. The van der Waals surface area contributed by atoms with Gasteiger partial charge in [0.15, 0.2) is 6.29 Å². The van der Waals surface area contributed by atoms with Crippen LogP contribution < -0.4 is 36.7 Å². The third-order valence-corrected chi connectivity index (χ3v) is 10.8. The second-order valence-electron chi connectivity index (χ2n) is 15.9. The zero-order valence-corrected chi connectivity index (χ0v) is 45.5. The van der Waals surface area contributed by atoms with Gasteiger partial charge in [-0.2, -0.15) is 59.9 Å². The number of aromatic nitrogens is 12. The number of hydrogen-bond acceptors (Lipinski definition) is 29. The van der Waals surface area contributed by atoms with Gasteiger partial charge in [0, 0.05) is 70.1 Å². The number of hydrogen-bond donors (Lipinski definition) is 8. The molecule has 4 saturated heterocycles. The topological polar surface area (TPSA) is 374 Å². The van der Waals surface area contributed by atoms with E-state index in [1.807, 2.05) is 16.7 Å². The number of benzene rings is 2. The highest BCUT2D eigenvalue weighted by atomic mass is 35.5. The Labute approximate surface area is 467 Å². The molecular formula is C45H58Cl4N20O9. The number of phenolic OH excluding ortho intramolecular Hbond substituents is 4. The molecule has 29 nitrogen and oxygen atoms in total. The molecule has 0 spiro atoms. The summed E-state index contributed by atoms with van der Waals surface area (Å²) in [6.07, 6.45) is 1.94. The summed E-state index contributed by atoms with van der Waals surface area (Å²) in [6, 6.07) is 8.05. The van der Waals surface area contributed by atoms with Crippen LogP contribution >= 0.6 is 46.4 Å². The van der Waals surface area contributed by atoms with Crippen LogP contribution in [0, 0.1) is 20.8 Å². The number of nitrogens with one attached hydrogen (secondary N) is 3. The molecular weight excluding hydrogens is 1110 g/mol. The van der Waals surface area contributed by atoms with Crippen molar-refractivity contribution in [2.24, 2.45) is 10.9 Å². The molecule has 0 aliphatic carbocycles. The largest absolute Gasteiger partial charge is 0.508 e. The number of ether oxygens (including phenoxy) is 4. The van der Waals surface area contributed by atoms with Crippen LogP contribution in [0.15, 0.2) is 41.5 Å². The van der Waals surface area contributed by atoms with E-state index in [4.69, 9.17) is 81.4 Å². The summed E-state index contributed by atoms with van der Waals surface area (Å²) in [5.74, 6) is 9.40. The number of phenols is 4. The normalized spacial score (nSPS) is 15.0. The Morgan fingerprint density at radius 1 is 0.526 bits per heavy atom. The highest BCUT2D eigenvalue weighted by Crippen LogP contribution is 2.22. The number of carbonyl (C=O) groups excluding carboxylic acids is 1. The number of hydrazine groups is 1. The standard InChI is InChI=1S/C15H18N6O3.C8H11ClN4O.C8H14N6O.C7H6O3.C4H9NO.C3Cl3N3/c1-10-17-14(19-15(18-10)21-4-6-24-7-5-21)20-16-9-11-2-3-12(22)8-13(11)23;1-6-10-7(9)12-8(11-6)13-2-4-14-5-3-13;1-6-10-7(13-9)12-8(11-6)14-2-4-15-5-3-14;8-4-5-1-2-6(9)3-7(5)10;1-3-6-4-2-5-1;4-1-7-2(5)9-3(6)8-1/h2-3,8-9,22-23H,4-7H2,1H3,(H,17,18,19,20);2-5H2,1H3;2-5,9H2,1H3,(H,10,11,12,13);1-4,9-10H;5H,1-4H2;/b16-9+;;;;;. The van der Waals surface area contributed by atoms with Gasteiger partial charge in [-0.05, 0) is 91.4 Å². The number of nitrogens with two attached hydrogens (primary N) is 1. The van der Waals surface area contributed by atoms with Crippen molar-refractivity contribution in [2.75, 3.05) is 131 Å². The predicted octanol–water partition coefficient (Wildman–Crippen LogP) is 3.19. The Kier molecular flexibility index (Phi) is 26.4. The van der Waals surface area contributed by atoms with Gasteiger partial charge in [0.05, 0.1) is 64.6 Å². The summed E-state index contributed by atoms with van der Waals surface area (Å²) in [5, 5.41) is 44.1. The number of aldehydes is 1. The van der Waals surface area contributed by atoms with Crippen molar-refractivity contribution in [1.29, 1.82) is 0 Å². The molecule has 0 bridgehead atoms. The zero-order valence-electron chi connectivity index (χ0n) is 42.5. The molecule has 0 unspecified atom stereocenters. The molecule has 4 fully saturated rings. The van der Waals surface area contributed by atoms with Crippen LogP contribution in [0.5, 0.6) is 23.0 Å². The first-order chi connectivity index (χ1) is 37.6. The molecule has 4 aliphatic heterocycles. The maximum absolute atomic E-state index is 10.1. The number of carbonyl (C=O) groups is 1. The van der Waals surface area contributed by atoms with E-state index in [9.17, 15) is 15.0 Å². The Balaban J connectivity index is 0.000000182. The van der Waals surface area contributed by atoms with Crippen LogP contribution in [-0.4, -0.2) is 198 Å². The number of nitrogen functional groups attached to an aromatic ring is 1. The molecule has 2 aromatic carbocycles. The number of morpholine rings is 4. The lowest BCUT2D eigenvalue weighted by molar-refractivity contribution is 0.109. The van der Waals surface area contributed by atoms with Gasteiger partial charge in [0.2, 0.25) is 50.9 Å². The fourth-order valence-corrected chi connectivity index (χ4v) is 7.26. The highest BCUT2D eigenvalue weighted by molar-refractivity contribution is 6.33. The Hall–Kier alpha value is -7.06. The summed E-state index contributed by atoms with van der Waals surface area (Å²) in [6.45, 7) is 18.0. The van der Waals surface area contributed by atoms with Gasteiger partial charge in [-0.1, -0.05) is 0 Å². The molecule has 0 amide bonds. The van der Waals surface area contributed by atoms with Crippen LogP contribution in [0.25, 0.3) is 0 Å². The summed E-state index contributed by atoms with van der Waals surface area (Å²) in [5.41, 5.74) is 5.79. The maximum Gasteiger partial charge on any atom is 0.248 e. The Morgan fingerprint density at radius 3 is 1.29 bits per heavy atom. The van der Waals surface area contributed by atoms with E-state index in [0.29, 0.717) is 98.7 Å². The first-order valence-electron chi connectivity index (χ1n) is 23.7. The summed E-state index contributed by atoms with van der Waals surface area (Å²) in [4.78, 5) is 64.2. The SMILES string of the molecule is C1COCCN1.Cc1nc(Cl)nc(N2CCOCC2)n1.Cc1nc(N/N=C/c2ccc(O)cc2O)nc(N2CCOCC2)n1.Cc1nc(NN)nc(N2CCOCC2)n1.Clc1nc(Cl)nc(Cl)n1.O=Cc1ccc(O)cc1O. The van der Waals surface area contributed by atoms with Crippen molar-refractivity contribution >= 4 is 88.6 Å². The lowest BCUT2D eigenvalue weighted by Gasteiger charge is -2.26. The second-order valence-corrected chi connectivity index (χ2v) is 17.2. The molecule has 6 aromatic rings. The number of hydrazone groups is 1. The van der Waals surface area contributed by atoms with Gasteiger partial charge in [-0.15, -0.1) is 0 Å². The maximum atomic E-state index is 10.1. The average Bonchev–Trinajstić information content (AvgIpc) is 3.43. The number of nitrogens with zero attached hydrogens (tertiary/aromatic N) is 16. The van der Waals surface area contributed by atoms with Gasteiger partial charge in [-0.3, -0.25) is 10.2 Å². The quantitative estimate of drug-likeness (QED) is 0.0469. The van der Waals surface area contributed by atoms with Crippen molar-refractivity contribution < 1.29 is 44.2 Å². The lowest BCUT2D eigenvalue weighted by Crippen LogP contribution is -2.37. The molecule has 0 saturated carbocycles. The van der Waals surface area contributed by atoms with Gasteiger partial charge < -0.3 is 59.4 Å². The Bertz CT molecular complexity index is 2750. The number of rotatable bonds is 8. The van der Waals surface area contributed by atoms with E-state index in [2.05, 4.69) is 86.0 Å². The van der Waals surface area contributed by atoms with Crippen LogP contribution in [0.1, 0.15) is 33.4 Å². The fourth-order valence-electron chi connectivity index (χ4n) is 6.45. The van der Waals surface area contributed by atoms with Crippen molar-refractivity contribution in [2.45, 2.75) is 20.8 Å². The van der Waals surface area contributed by atoms with E-state index >= 15 is 0 Å². The monoisotopic (exact) mass is 1160 g/mol. The van der Waals surface area contributed by atoms with Crippen LogP contribution in [-0.2, 0) is 18.9 Å². The van der Waals surface area contributed by atoms with E-state index in [0.717, 1.165) is 71.6 Å². The number of halogens is 4. The minimum absolute atomic E-state index is 0.000000000000000444. The summed E-state index contributed by atoms with van der Waals surface area (Å²) >= 11 is 21.7. The van der Waals surface area contributed by atoms with Crippen LogP contribution in [0.2, 0.25) is 21.1 Å². The molecule has 33 heteroatoms.